The molecule has 0 aliphatic heterocycles. The summed E-state index contributed by atoms with van der Waals surface area (Å²) < 4.78 is 5.49. The lowest BCUT2D eigenvalue weighted by Gasteiger charge is -2.33. The molecule has 0 atom stereocenters. The molecule has 1 N–H and O–H groups in total. The van der Waals surface area contributed by atoms with E-state index < -0.39 is 11.6 Å². The minimum atomic E-state index is -0.968. The van der Waals surface area contributed by atoms with Gasteiger partial charge in [0.05, 0.1) is 0 Å². The van der Waals surface area contributed by atoms with Gasteiger partial charge in [-0.3, -0.25) is 4.90 Å². The summed E-state index contributed by atoms with van der Waals surface area (Å²) in [5.74, 6) is 0.495. The summed E-state index contributed by atoms with van der Waals surface area (Å²) in [7, 11) is 0. The maximum absolute atomic E-state index is 11.4. The molecule has 8 heteroatoms. The molecule has 0 unspecified atom stereocenters. The molecule has 0 aliphatic rings. The van der Waals surface area contributed by atoms with Crippen LogP contribution in [0.5, 0.6) is 11.8 Å². The summed E-state index contributed by atoms with van der Waals surface area (Å²) in [6.07, 6.45) is -0.968. The van der Waals surface area contributed by atoms with E-state index in [1.54, 1.807) is 24.3 Å². The van der Waals surface area contributed by atoms with Gasteiger partial charge in [-0.15, -0.1) is 0 Å². The predicted octanol–water partition coefficient (Wildman–Crippen LogP) is 4.85. The van der Waals surface area contributed by atoms with Crippen LogP contribution in [0, 0.1) is 0 Å². The third-order valence-electron chi connectivity index (χ3n) is 3.16. The van der Waals surface area contributed by atoms with Crippen LogP contribution in [0.1, 0.15) is 26.3 Å². The van der Waals surface area contributed by atoms with Crippen LogP contribution in [0.15, 0.2) is 30.3 Å². The first-order valence-corrected chi connectivity index (χ1v) is 7.88. The number of ether oxygens (including phenoxy) is 1. The quantitative estimate of drug-likeness (QED) is 0.779. The fourth-order valence-electron chi connectivity index (χ4n) is 1.96. The van der Waals surface area contributed by atoms with Gasteiger partial charge in [0.15, 0.2) is 0 Å². The van der Waals surface area contributed by atoms with E-state index in [1.165, 1.54) is 11.0 Å². The molecule has 1 heterocycles. The van der Waals surface area contributed by atoms with Gasteiger partial charge in [-0.05, 0) is 38.5 Å². The van der Waals surface area contributed by atoms with E-state index in [2.05, 4.69) is 9.97 Å². The first-order chi connectivity index (χ1) is 11.1. The maximum atomic E-state index is 11.4. The average Bonchev–Trinajstić information content (AvgIpc) is 2.43. The van der Waals surface area contributed by atoms with E-state index in [-0.39, 0.29) is 22.9 Å². The normalized spacial score (nSPS) is 11.2. The lowest BCUT2D eigenvalue weighted by Crippen LogP contribution is -2.44. The molecule has 24 heavy (non-hydrogen) atoms. The Bertz CT molecular complexity index is 710. The Morgan fingerprint density at radius 1 is 1.17 bits per heavy atom. The SMILES string of the molecule is CC(C)(C)N(Cc1ccc(Oc2nc(Cl)cc(Cl)n2)cc1)C(=O)O. The number of carbonyl (C=O) groups is 1. The van der Waals surface area contributed by atoms with Crippen LogP contribution in [0.4, 0.5) is 4.79 Å². The van der Waals surface area contributed by atoms with Crippen LogP contribution < -0.4 is 4.74 Å². The monoisotopic (exact) mass is 369 g/mol. The molecule has 2 rings (SSSR count). The smallest absolute Gasteiger partial charge is 0.408 e. The zero-order valence-electron chi connectivity index (χ0n) is 13.5. The van der Waals surface area contributed by atoms with Crippen molar-refractivity contribution in [3.8, 4) is 11.8 Å². The van der Waals surface area contributed by atoms with E-state index >= 15 is 0 Å². The van der Waals surface area contributed by atoms with E-state index in [0.29, 0.717) is 5.75 Å². The summed E-state index contributed by atoms with van der Waals surface area (Å²) in [4.78, 5) is 20.6. The Hall–Kier alpha value is -2.05. The van der Waals surface area contributed by atoms with Gasteiger partial charge in [-0.25, -0.2) is 4.79 Å². The van der Waals surface area contributed by atoms with Crippen molar-refractivity contribution in [1.82, 2.24) is 14.9 Å². The van der Waals surface area contributed by atoms with E-state index in [0.717, 1.165) is 5.56 Å². The standard InChI is InChI=1S/C16H17Cl2N3O3/c1-16(2,3)21(15(22)23)9-10-4-6-11(7-5-10)24-14-19-12(17)8-13(18)20-14/h4-8H,9H2,1-3H3,(H,22,23). The first kappa shape index (κ1) is 18.3. The van der Waals surface area contributed by atoms with Crippen molar-refractivity contribution in [2.24, 2.45) is 0 Å². The molecule has 0 bridgehead atoms. The highest BCUT2D eigenvalue weighted by molar-refractivity contribution is 6.33. The molecular weight excluding hydrogens is 353 g/mol. The number of hydrogen-bond donors (Lipinski definition) is 1. The van der Waals surface area contributed by atoms with Gasteiger partial charge in [0, 0.05) is 18.2 Å². The lowest BCUT2D eigenvalue weighted by atomic mass is 10.1. The van der Waals surface area contributed by atoms with E-state index in [9.17, 15) is 9.90 Å². The van der Waals surface area contributed by atoms with Crippen LogP contribution in [0.3, 0.4) is 0 Å². The van der Waals surface area contributed by atoms with Gasteiger partial charge in [-0.1, -0.05) is 35.3 Å². The fourth-order valence-corrected chi connectivity index (χ4v) is 2.37. The minimum Gasteiger partial charge on any atom is -0.465 e. The van der Waals surface area contributed by atoms with Crippen LogP contribution in [-0.4, -0.2) is 31.6 Å². The summed E-state index contributed by atoms with van der Waals surface area (Å²) in [6.45, 7) is 5.81. The molecule has 2 aromatic rings. The maximum Gasteiger partial charge on any atom is 0.408 e. The van der Waals surface area contributed by atoms with Crippen molar-refractivity contribution in [2.45, 2.75) is 32.9 Å². The highest BCUT2D eigenvalue weighted by atomic mass is 35.5. The summed E-state index contributed by atoms with van der Waals surface area (Å²) >= 11 is 11.6. The van der Waals surface area contributed by atoms with Crippen LogP contribution >= 0.6 is 23.2 Å². The van der Waals surface area contributed by atoms with E-state index in [1.807, 2.05) is 20.8 Å². The van der Waals surface area contributed by atoms with Crippen LogP contribution in [-0.2, 0) is 6.54 Å². The molecule has 0 radical (unpaired) electrons. The highest BCUT2D eigenvalue weighted by Crippen LogP contribution is 2.23. The lowest BCUT2D eigenvalue weighted by molar-refractivity contribution is 0.0955. The number of hydrogen-bond acceptors (Lipinski definition) is 4. The zero-order chi connectivity index (χ0) is 17.9. The Morgan fingerprint density at radius 2 is 1.71 bits per heavy atom. The molecule has 0 aliphatic carbocycles. The molecule has 0 fully saturated rings. The fraction of sp³-hybridized carbons (Fsp3) is 0.312. The van der Waals surface area contributed by atoms with Crippen molar-refractivity contribution in [1.29, 1.82) is 0 Å². The molecule has 6 nitrogen and oxygen atoms in total. The van der Waals surface area contributed by atoms with Crippen molar-refractivity contribution < 1.29 is 14.6 Å². The van der Waals surface area contributed by atoms with Gasteiger partial charge >= 0.3 is 12.1 Å². The first-order valence-electron chi connectivity index (χ1n) is 7.12. The summed E-state index contributed by atoms with van der Waals surface area (Å²) in [5.41, 5.74) is 0.344. The second-order valence-electron chi connectivity index (χ2n) is 6.08. The predicted molar refractivity (Wildman–Crippen MR) is 91.9 cm³/mol. The van der Waals surface area contributed by atoms with Gasteiger partial charge in [0.1, 0.15) is 16.1 Å². The molecule has 1 aromatic carbocycles. The molecule has 0 saturated heterocycles. The summed E-state index contributed by atoms with van der Waals surface area (Å²) in [6, 6.07) is 8.42. The second-order valence-corrected chi connectivity index (χ2v) is 6.86. The van der Waals surface area contributed by atoms with Gasteiger partial charge < -0.3 is 9.84 Å². The van der Waals surface area contributed by atoms with Crippen LogP contribution in [0.25, 0.3) is 0 Å². The highest BCUT2D eigenvalue weighted by Gasteiger charge is 2.25. The van der Waals surface area contributed by atoms with Crippen molar-refractivity contribution >= 4 is 29.3 Å². The van der Waals surface area contributed by atoms with Gasteiger partial charge in [0.2, 0.25) is 0 Å². The Morgan fingerprint density at radius 3 is 2.17 bits per heavy atom. The molecule has 1 amide bonds. The molecule has 0 saturated carbocycles. The number of rotatable bonds is 4. The molecular formula is C16H17Cl2N3O3. The van der Waals surface area contributed by atoms with Gasteiger partial charge in [-0.2, -0.15) is 9.97 Å². The summed E-state index contributed by atoms with van der Waals surface area (Å²) in [5, 5.41) is 9.70. The third-order valence-corrected chi connectivity index (χ3v) is 3.54. The number of carboxylic acid groups (broad SMARTS) is 1. The molecule has 0 spiro atoms. The number of halogens is 2. The number of nitrogens with zero attached hydrogens (tertiary/aromatic N) is 3. The topological polar surface area (TPSA) is 75.5 Å². The Balaban J connectivity index is 2.11. The minimum absolute atomic E-state index is 0.0436. The number of benzene rings is 1. The van der Waals surface area contributed by atoms with E-state index in [4.69, 9.17) is 27.9 Å². The largest absolute Gasteiger partial charge is 0.465 e. The second kappa shape index (κ2) is 7.23. The zero-order valence-corrected chi connectivity index (χ0v) is 15.0. The van der Waals surface area contributed by atoms with Crippen LogP contribution in [0.2, 0.25) is 10.3 Å². The van der Waals surface area contributed by atoms with Gasteiger partial charge in [0.25, 0.3) is 0 Å². The Kier molecular flexibility index (Phi) is 5.51. The number of amides is 1. The third kappa shape index (κ3) is 4.97. The van der Waals surface area contributed by atoms with Crippen molar-refractivity contribution in [2.75, 3.05) is 0 Å². The molecule has 1 aromatic heterocycles. The average molecular weight is 370 g/mol. The Labute approximate surface area is 150 Å². The molecule has 128 valence electrons. The van der Waals surface area contributed by atoms with Crippen molar-refractivity contribution in [3.63, 3.8) is 0 Å². The number of aromatic nitrogens is 2. The van der Waals surface area contributed by atoms with Crippen molar-refractivity contribution in [3.05, 3.63) is 46.2 Å².